The molecule has 0 atom stereocenters. The highest BCUT2D eigenvalue weighted by Gasteiger charge is 1.99. The topological polar surface area (TPSA) is 103 Å². The van der Waals surface area contributed by atoms with Gasteiger partial charge in [-0.15, -0.1) is 0 Å². The third-order valence-electron chi connectivity index (χ3n) is 2.25. The molecule has 0 aliphatic carbocycles. The number of fused-ring (bicyclic) bond motifs is 1. The van der Waals surface area contributed by atoms with Crippen molar-refractivity contribution in [3.63, 3.8) is 0 Å². The van der Waals surface area contributed by atoms with Gasteiger partial charge in [-0.3, -0.25) is 0 Å². The fourth-order valence-electron chi connectivity index (χ4n) is 1.59. The molecule has 18 heavy (non-hydrogen) atoms. The van der Waals surface area contributed by atoms with Gasteiger partial charge in [-0.1, -0.05) is 36.4 Å². The van der Waals surface area contributed by atoms with Crippen molar-refractivity contribution in [3.05, 3.63) is 42.5 Å². The van der Waals surface area contributed by atoms with Gasteiger partial charge in [-0.2, -0.15) is 4.99 Å². The number of benzene rings is 2. The van der Waals surface area contributed by atoms with E-state index in [1.54, 1.807) is 0 Å². The lowest BCUT2D eigenvalue weighted by Gasteiger charge is -2.01. The molecule has 0 aromatic heterocycles. The summed E-state index contributed by atoms with van der Waals surface area (Å²) in [5, 5.41) is 2.09. The molecule has 0 spiro atoms. The van der Waals surface area contributed by atoms with Gasteiger partial charge in [0.15, 0.2) is 5.96 Å². The fourth-order valence-corrected chi connectivity index (χ4v) is 1.59. The highest BCUT2D eigenvalue weighted by atomic mass is 35.5. The number of halogens is 1. The van der Waals surface area contributed by atoms with Crippen LogP contribution in [-0.4, -0.2) is 11.9 Å². The number of hydrogen-bond donors (Lipinski definition) is 3. The lowest BCUT2D eigenvalue weighted by molar-refractivity contribution is -0.00000394. The zero-order valence-electron chi connectivity index (χ0n) is 9.55. The van der Waals surface area contributed by atoms with Crippen LogP contribution in [0.1, 0.15) is 0 Å². The van der Waals surface area contributed by atoms with E-state index in [2.05, 4.69) is 9.98 Å². The van der Waals surface area contributed by atoms with E-state index in [9.17, 15) is 0 Å². The maximum Gasteiger partial charge on any atom is 0.223 e. The highest BCUT2D eigenvalue weighted by molar-refractivity contribution is 5.98. The summed E-state index contributed by atoms with van der Waals surface area (Å²) >= 11 is 0. The average molecular weight is 263 g/mol. The minimum Gasteiger partial charge on any atom is -1.00 e. The Labute approximate surface area is 111 Å². The molecule has 0 saturated heterocycles. The molecule has 0 aliphatic heterocycles. The summed E-state index contributed by atoms with van der Waals surface area (Å²) in [6, 6.07) is 13.7. The van der Waals surface area contributed by atoms with Crippen LogP contribution in [0.25, 0.3) is 10.8 Å². The lowest BCUT2D eigenvalue weighted by atomic mass is 10.1. The fraction of sp³-hybridized carbons (Fsp3) is 0. The summed E-state index contributed by atoms with van der Waals surface area (Å²) in [5.41, 5.74) is 16.8. The van der Waals surface area contributed by atoms with Crippen LogP contribution >= 0.6 is 0 Å². The molecule has 0 fully saturated rings. The quantitative estimate of drug-likeness (QED) is 0.412. The van der Waals surface area contributed by atoms with E-state index >= 15 is 0 Å². The van der Waals surface area contributed by atoms with E-state index in [0.29, 0.717) is 0 Å². The second kappa shape index (κ2) is 5.88. The number of nitrogens with zero attached hydrogens (tertiary/aromatic N) is 2. The first kappa shape index (κ1) is 13.8. The second-order valence-electron chi connectivity index (χ2n) is 3.50. The van der Waals surface area contributed by atoms with E-state index in [1.165, 1.54) is 0 Å². The molecule has 0 radical (unpaired) electrons. The molecule has 2 rings (SSSR count). The third-order valence-corrected chi connectivity index (χ3v) is 2.25. The maximum atomic E-state index is 5.60. The smallest absolute Gasteiger partial charge is 0.223 e. The van der Waals surface area contributed by atoms with Crippen LogP contribution in [0.4, 0.5) is 5.69 Å². The van der Waals surface area contributed by atoms with Crippen LogP contribution in [0.2, 0.25) is 0 Å². The Bertz CT molecular complexity index is 597. The molecule has 2 aromatic carbocycles. The number of nitrogens with two attached hydrogens (primary N) is 3. The molecule has 0 heterocycles. The third kappa shape index (κ3) is 3.11. The van der Waals surface area contributed by atoms with Gasteiger partial charge in [0.05, 0.1) is 5.69 Å². The number of rotatable bonds is 1. The monoisotopic (exact) mass is 262 g/mol. The number of guanidine groups is 2. The van der Waals surface area contributed by atoms with E-state index in [-0.39, 0.29) is 24.3 Å². The van der Waals surface area contributed by atoms with Crippen molar-refractivity contribution in [1.29, 1.82) is 0 Å². The molecule has 0 unspecified atom stereocenters. The predicted octanol–water partition coefficient (Wildman–Crippen LogP) is -1.94. The number of hydrogen-bond acceptors (Lipinski definition) is 1. The largest absolute Gasteiger partial charge is 1.00 e. The summed E-state index contributed by atoms with van der Waals surface area (Å²) in [6.07, 6.45) is 0. The van der Waals surface area contributed by atoms with Gasteiger partial charge in [-0.05, 0) is 11.5 Å². The summed E-state index contributed by atoms with van der Waals surface area (Å²) in [4.78, 5) is 7.85. The Kier molecular flexibility index (Phi) is 4.51. The first-order chi connectivity index (χ1) is 8.16. The first-order valence-corrected chi connectivity index (χ1v) is 5.08. The zero-order chi connectivity index (χ0) is 12.3. The summed E-state index contributed by atoms with van der Waals surface area (Å²) < 4.78 is 0. The predicted molar refractivity (Wildman–Crippen MR) is 71.0 cm³/mol. The Hall–Kier alpha value is -2.27. The van der Waals surface area contributed by atoms with E-state index in [4.69, 9.17) is 17.2 Å². The number of aliphatic imine (C=N–C) groups is 2. The molecule has 0 aliphatic rings. The van der Waals surface area contributed by atoms with Crippen molar-refractivity contribution in [2.45, 2.75) is 0 Å². The van der Waals surface area contributed by atoms with Gasteiger partial charge < -0.3 is 29.6 Å². The molecule has 6 heteroatoms. The zero-order valence-corrected chi connectivity index (χ0v) is 10.3. The van der Waals surface area contributed by atoms with Gasteiger partial charge in [-0.25, -0.2) is 4.99 Å². The highest BCUT2D eigenvalue weighted by Crippen LogP contribution is 2.25. The Morgan fingerprint density at radius 1 is 0.889 bits per heavy atom. The first-order valence-electron chi connectivity index (χ1n) is 5.08. The van der Waals surface area contributed by atoms with Crippen LogP contribution in [0, 0.1) is 0 Å². The van der Waals surface area contributed by atoms with E-state index in [1.807, 2.05) is 42.5 Å². The molecule has 6 N–H and O–H groups in total. The Morgan fingerprint density at radius 3 is 2.28 bits per heavy atom. The van der Waals surface area contributed by atoms with Gasteiger partial charge in [0.1, 0.15) is 0 Å². The molecule has 0 bridgehead atoms. The van der Waals surface area contributed by atoms with Crippen molar-refractivity contribution in [2.24, 2.45) is 27.2 Å². The summed E-state index contributed by atoms with van der Waals surface area (Å²) in [7, 11) is 0. The van der Waals surface area contributed by atoms with Crippen LogP contribution in [0.3, 0.4) is 0 Å². The Balaban J connectivity index is 0.00000162. The van der Waals surface area contributed by atoms with E-state index in [0.717, 1.165) is 16.5 Å². The van der Waals surface area contributed by atoms with Crippen molar-refractivity contribution in [1.82, 2.24) is 0 Å². The van der Waals surface area contributed by atoms with Crippen molar-refractivity contribution in [3.8, 4) is 0 Å². The van der Waals surface area contributed by atoms with Crippen LogP contribution in [0.15, 0.2) is 52.4 Å². The van der Waals surface area contributed by atoms with Gasteiger partial charge in [0, 0.05) is 5.39 Å². The molecular weight excluding hydrogens is 250 g/mol. The minimum absolute atomic E-state index is 0. The van der Waals surface area contributed by atoms with Crippen molar-refractivity contribution in [2.75, 3.05) is 0 Å². The average Bonchev–Trinajstić information content (AvgIpc) is 2.28. The van der Waals surface area contributed by atoms with E-state index < -0.39 is 0 Å². The second-order valence-corrected chi connectivity index (χ2v) is 3.50. The Morgan fingerprint density at radius 2 is 1.56 bits per heavy atom. The van der Waals surface area contributed by atoms with Gasteiger partial charge >= 0.3 is 0 Å². The van der Waals surface area contributed by atoms with Crippen molar-refractivity contribution >= 4 is 28.4 Å². The van der Waals surface area contributed by atoms with Crippen molar-refractivity contribution < 1.29 is 12.4 Å². The molecule has 0 amide bonds. The van der Waals surface area contributed by atoms with Crippen LogP contribution in [-0.2, 0) is 0 Å². The summed E-state index contributed by atoms with van der Waals surface area (Å²) in [6.45, 7) is 0. The van der Waals surface area contributed by atoms with Crippen LogP contribution in [0.5, 0.6) is 0 Å². The molecule has 0 saturated carbocycles. The SMILES string of the molecule is NC(N)=NC(N)=Nc1cccc2ccccc12.[Cl-]. The lowest BCUT2D eigenvalue weighted by Crippen LogP contribution is -3.00. The standard InChI is InChI=1S/C12H13N5.ClH/c13-11(14)17-12(15)16-10-7-3-5-8-4-1-2-6-9(8)10;/h1-7H,(H6,13,14,15,16,17);1H/p-1. The van der Waals surface area contributed by atoms with Gasteiger partial charge in [0.2, 0.25) is 5.96 Å². The molecule has 94 valence electrons. The van der Waals surface area contributed by atoms with Gasteiger partial charge in [0.25, 0.3) is 0 Å². The van der Waals surface area contributed by atoms with Crippen LogP contribution < -0.4 is 29.6 Å². The maximum absolute atomic E-state index is 5.60. The normalized spacial score (nSPS) is 10.8. The minimum atomic E-state index is -0.105. The molecular formula is C12H13ClN5-. The molecule has 2 aromatic rings. The molecule has 5 nitrogen and oxygen atoms in total. The summed E-state index contributed by atoms with van der Waals surface area (Å²) in [5.74, 6) is -0.0622.